The van der Waals surface area contributed by atoms with Crippen LogP contribution in [0, 0.1) is 0 Å². The Kier molecular flexibility index (Phi) is 5.16. The van der Waals surface area contributed by atoms with E-state index in [0.29, 0.717) is 12.4 Å². The first-order chi connectivity index (χ1) is 7.56. The number of rotatable bonds is 5. The molecule has 0 radical (unpaired) electrons. The van der Waals surface area contributed by atoms with Gasteiger partial charge in [0.25, 0.3) is 0 Å². The molecule has 4 heteroatoms. The first-order valence-electron chi connectivity index (χ1n) is 5.10. The van der Waals surface area contributed by atoms with Gasteiger partial charge in [0, 0.05) is 5.75 Å². The lowest BCUT2D eigenvalue weighted by Gasteiger charge is -2.19. The maximum atomic E-state index is 11.5. The molecule has 0 fully saturated rings. The Morgan fingerprint density at radius 3 is 2.62 bits per heavy atom. The molecule has 0 saturated carbocycles. The largest absolute Gasteiger partial charge is 0.464 e. The molecule has 0 aliphatic carbocycles. The number of carbonyl (C=O) groups is 1. The number of hydrogen-bond donors (Lipinski definition) is 0. The molecule has 1 atom stereocenters. The Labute approximate surface area is 105 Å². The number of benzene rings is 1. The van der Waals surface area contributed by atoms with Crippen molar-refractivity contribution >= 4 is 29.3 Å². The van der Waals surface area contributed by atoms with Gasteiger partial charge in [-0.2, -0.15) is 0 Å². The SMILES string of the molecule is CCOC(=O)C(C)(Cl)SCc1ccccc1. The first-order valence-corrected chi connectivity index (χ1v) is 6.46. The molecule has 0 saturated heterocycles. The summed E-state index contributed by atoms with van der Waals surface area (Å²) in [6.45, 7) is 3.79. The molecule has 1 unspecified atom stereocenters. The number of hydrogen-bond acceptors (Lipinski definition) is 3. The second kappa shape index (κ2) is 6.16. The van der Waals surface area contributed by atoms with E-state index in [2.05, 4.69) is 0 Å². The van der Waals surface area contributed by atoms with Crippen LogP contribution in [0.15, 0.2) is 30.3 Å². The molecule has 1 aromatic rings. The van der Waals surface area contributed by atoms with E-state index in [-0.39, 0.29) is 5.97 Å². The van der Waals surface area contributed by atoms with Gasteiger partial charge in [-0.25, -0.2) is 4.79 Å². The summed E-state index contributed by atoms with van der Waals surface area (Å²) in [6, 6.07) is 9.90. The van der Waals surface area contributed by atoms with E-state index in [1.165, 1.54) is 11.8 Å². The van der Waals surface area contributed by atoms with Gasteiger partial charge in [0.2, 0.25) is 0 Å². The highest BCUT2D eigenvalue weighted by Crippen LogP contribution is 2.33. The number of thioether (sulfide) groups is 1. The van der Waals surface area contributed by atoms with Crippen molar-refractivity contribution in [2.75, 3.05) is 6.61 Å². The first kappa shape index (κ1) is 13.4. The fraction of sp³-hybridized carbons (Fsp3) is 0.417. The molecule has 0 N–H and O–H groups in total. The quantitative estimate of drug-likeness (QED) is 0.598. The van der Waals surface area contributed by atoms with Crippen molar-refractivity contribution in [2.45, 2.75) is 23.8 Å². The van der Waals surface area contributed by atoms with E-state index in [0.717, 1.165) is 5.56 Å². The molecule has 0 amide bonds. The van der Waals surface area contributed by atoms with Gasteiger partial charge >= 0.3 is 5.97 Å². The monoisotopic (exact) mass is 258 g/mol. The fourth-order valence-corrected chi connectivity index (χ4v) is 2.14. The zero-order valence-corrected chi connectivity index (χ0v) is 11.0. The molecule has 16 heavy (non-hydrogen) atoms. The average Bonchev–Trinajstić information content (AvgIpc) is 2.28. The third-order valence-electron chi connectivity index (χ3n) is 1.99. The molecule has 0 aliphatic heterocycles. The van der Waals surface area contributed by atoms with Crippen LogP contribution < -0.4 is 0 Å². The van der Waals surface area contributed by atoms with Gasteiger partial charge in [-0.15, -0.1) is 11.8 Å². The van der Waals surface area contributed by atoms with Gasteiger partial charge in [-0.1, -0.05) is 41.9 Å². The Morgan fingerprint density at radius 2 is 2.06 bits per heavy atom. The van der Waals surface area contributed by atoms with Crippen molar-refractivity contribution in [2.24, 2.45) is 0 Å². The third kappa shape index (κ3) is 4.06. The van der Waals surface area contributed by atoms with Crippen molar-refractivity contribution in [3.05, 3.63) is 35.9 Å². The van der Waals surface area contributed by atoms with Crippen LogP contribution in [-0.2, 0) is 15.3 Å². The number of ether oxygens (including phenoxy) is 1. The second-order valence-corrected chi connectivity index (χ2v) is 5.79. The molecular formula is C12H15ClO2S. The van der Waals surface area contributed by atoms with Gasteiger partial charge in [-0.05, 0) is 19.4 Å². The van der Waals surface area contributed by atoms with Gasteiger partial charge in [0.1, 0.15) is 0 Å². The van der Waals surface area contributed by atoms with E-state index in [4.69, 9.17) is 16.3 Å². The summed E-state index contributed by atoms with van der Waals surface area (Å²) in [6.07, 6.45) is 0. The Bertz CT molecular complexity index is 338. The van der Waals surface area contributed by atoms with E-state index >= 15 is 0 Å². The summed E-state index contributed by atoms with van der Waals surface area (Å²) >= 11 is 7.47. The second-order valence-electron chi connectivity index (χ2n) is 3.41. The lowest BCUT2D eigenvalue weighted by atomic mass is 10.2. The highest BCUT2D eigenvalue weighted by molar-refractivity contribution is 8.01. The van der Waals surface area contributed by atoms with Crippen LogP contribution in [0.5, 0.6) is 0 Å². The van der Waals surface area contributed by atoms with Crippen LogP contribution in [0.2, 0.25) is 0 Å². The number of carbonyl (C=O) groups excluding carboxylic acids is 1. The molecule has 88 valence electrons. The minimum absolute atomic E-state index is 0.354. The number of alkyl halides is 1. The van der Waals surface area contributed by atoms with Crippen molar-refractivity contribution < 1.29 is 9.53 Å². The lowest BCUT2D eigenvalue weighted by Crippen LogP contribution is -2.27. The van der Waals surface area contributed by atoms with E-state index < -0.39 is 4.21 Å². The van der Waals surface area contributed by atoms with Crippen LogP contribution in [0.25, 0.3) is 0 Å². The predicted octanol–water partition coefficient (Wildman–Crippen LogP) is 3.44. The third-order valence-corrected chi connectivity index (χ3v) is 3.66. The van der Waals surface area contributed by atoms with E-state index in [9.17, 15) is 4.79 Å². The molecule has 0 aliphatic rings. The smallest absolute Gasteiger partial charge is 0.337 e. The minimum Gasteiger partial charge on any atom is -0.464 e. The molecule has 0 bridgehead atoms. The molecule has 0 aromatic heterocycles. The number of halogens is 1. The predicted molar refractivity (Wildman–Crippen MR) is 68.6 cm³/mol. The fourth-order valence-electron chi connectivity index (χ4n) is 1.11. The molecular weight excluding hydrogens is 244 g/mol. The van der Waals surface area contributed by atoms with Gasteiger partial charge < -0.3 is 4.74 Å². The van der Waals surface area contributed by atoms with Crippen molar-refractivity contribution in [1.82, 2.24) is 0 Å². The maximum absolute atomic E-state index is 11.5. The zero-order valence-electron chi connectivity index (χ0n) is 9.40. The molecule has 2 nitrogen and oxygen atoms in total. The Balaban J connectivity index is 2.51. The van der Waals surface area contributed by atoms with Gasteiger partial charge in [0.05, 0.1) is 6.61 Å². The highest BCUT2D eigenvalue weighted by Gasteiger charge is 2.32. The van der Waals surface area contributed by atoms with Crippen LogP contribution in [0.1, 0.15) is 19.4 Å². The lowest BCUT2D eigenvalue weighted by molar-refractivity contribution is -0.143. The van der Waals surface area contributed by atoms with Crippen LogP contribution in [0.3, 0.4) is 0 Å². The van der Waals surface area contributed by atoms with E-state index in [1.807, 2.05) is 30.3 Å². The van der Waals surface area contributed by atoms with Gasteiger partial charge in [0.15, 0.2) is 4.21 Å². The Morgan fingerprint density at radius 1 is 1.44 bits per heavy atom. The molecule has 1 aromatic carbocycles. The summed E-state index contributed by atoms with van der Waals surface area (Å²) < 4.78 is 3.90. The van der Waals surface area contributed by atoms with Crippen LogP contribution >= 0.6 is 23.4 Å². The van der Waals surface area contributed by atoms with E-state index in [1.54, 1.807) is 13.8 Å². The maximum Gasteiger partial charge on any atom is 0.337 e. The summed E-state index contributed by atoms with van der Waals surface area (Å²) in [5.41, 5.74) is 1.14. The summed E-state index contributed by atoms with van der Waals surface area (Å²) in [5.74, 6) is 0.317. The normalized spacial score (nSPS) is 14.2. The summed E-state index contributed by atoms with van der Waals surface area (Å²) in [7, 11) is 0. The number of esters is 1. The van der Waals surface area contributed by atoms with Gasteiger partial charge in [-0.3, -0.25) is 0 Å². The van der Waals surface area contributed by atoms with Crippen molar-refractivity contribution in [1.29, 1.82) is 0 Å². The highest BCUT2D eigenvalue weighted by atomic mass is 35.5. The molecule has 0 spiro atoms. The topological polar surface area (TPSA) is 26.3 Å². The minimum atomic E-state index is -1.01. The molecule has 0 heterocycles. The summed E-state index contributed by atoms with van der Waals surface area (Å²) in [5, 5.41) is 0. The average molecular weight is 259 g/mol. The van der Waals surface area contributed by atoms with Crippen LogP contribution in [0.4, 0.5) is 0 Å². The molecule has 1 rings (SSSR count). The standard InChI is InChI=1S/C12H15ClO2S/c1-3-15-11(14)12(2,13)16-9-10-7-5-4-6-8-10/h4-8H,3,9H2,1-2H3. The summed E-state index contributed by atoms with van der Waals surface area (Å²) in [4.78, 5) is 11.5. The Hall–Kier alpha value is -0.670. The van der Waals surface area contributed by atoms with Crippen molar-refractivity contribution in [3.63, 3.8) is 0 Å². The van der Waals surface area contributed by atoms with Crippen LogP contribution in [-0.4, -0.2) is 16.8 Å². The zero-order chi connectivity index (χ0) is 12.0. The van der Waals surface area contributed by atoms with Crippen molar-refractivity contribution in [3.8, 4) is 0 Å².